The summed E-state index contributed by atoms with van der Waals surface area (Å²) in [6, 6.07) is 4.98. The van der Waals surface area contributed by atoms with E-state index in [1.165, 1.54) is 6.07 Å². The summed E-state index contributed by atoms with van der Waals surface area (Å²) in [5.74, 6) is 0.533. The van der Waals surface area contributed by atoms with E-state index < -0.39 is 0 Å². The van der Waals surface area contributed by atoms with E-state index in [2.05, 4.69) is 31.6 Å². The van der Waals surface area contributed by atoms with Crippen molar-refractivity contribution < 1.29 is 13.9 Å². The third-order valence-electron chi connectivity index (χ3n) is 3.77. The number of hydrogen-bond donors (Lipinski definition) is 2. The van der Waals surface area contributed by atoms with E-state index in [0.717, 1.165) is 36.4 Å². The van der Waals surface area contributed by atoms with Crippen molar-refractivity contribution in [1.82, 2.24) is 10.6 Å². The Morgan fingerprint density at radius 3 is 2.92 bits per heavy atom. The minimum Gasteiger partial charge on any atom is -0.379 e. The van der Waals surface area contributed by atoms with E-state index in [9.17, 15) is 4.39 Å². The molecule has 5 nitrogen and oxygen atoms in total. The van der Waals surface area contributed by atoms with Crippen molar-refractivity contribution in [2.75, 3.05) is 40.0 Å². The first-order chi connectivity index (χ1) is 11.7. The normalized spacial score (nSPS) is 17.2. The maximum absolute atomic E-state index is 13.7. The van der Waals surface area contributed by atoms with Crippen LogP contribution in [0.3, 0.4) is 0 Å². The monoisotopic (exact) mass is 529 g/mol. The zero-order valence-electron chi connectivity index (χ0n) is 14.4. The van der Waals surface area contributed by atoms with Gasteiger partial charge in [0.05, 0.1) is 12.7 Å². The van der Waals surface area contributed by atoms with Gasteiger partial charge in [0.1, 0.15) is 5.82 Å². The van der Waals surface area contributed by atoms with Gasteiger partial charge in [-0.3, -0.25) is 4.99 Å². The Kier molecular flexibility index (Phi) is 11.6. The molecule has 0 spiro atoms. The average molecular weight is 530 g/mol. The summed E-state index contributed by atoms with van der Waals surface area (Å²) in [5.41, 5.74) is 0.680. The lowest BCUT2D eigenvalue weighted by molar-refractivity contribution is 0.0420. The van der Waals surface area contributed by atoms with Crippen LogP contribution in [0.4, 0.5) is 4.39 Å². The molecule has 1 unspecified atom stereocenters. The zero-order chi connectivity index (χ0) is 17.2. The number of hydrogen-bond acceptors (Lipinski definition) is 3. The van der Waals surface area contributed by atoms with Crippen LogP contribution >= 0.6 is 39.9 Å². The molecule has 1 aromatic carbocycles. The predicted molar refractivity (Wildman–Crippen MR) is 112 cm³/mol. The van der Waals surface area contributed by atoms with Gasteiger partial charge in [-0.25, -0.2) is 4.39 Å². The van der Waals surface area contributed by atoms with Gasteiger partial charge in [0.15, 0.2) is 5.96 Å². The summed E-state index contributed by atoms with van der Waals surface area (Å²) in [7, 11) is 1.72. The first kappa shape index (κ1) is 22.6. The van der Waals surface area contributed by atoms with Gasteiger partial charge in [0.25, 0.3) is 0 Å². The van der Waals surface area contributed by atoms with Crippen molar-refractivity contribution in [3.05, 3.63) is 34.1 Å². The Morgan fingerprint density at radius 2 is 2.20 bits per heavy atom. The molecule has 2 rings (SSSR count). The lowest BCUT2D eigenvalue weighted by Gasteiger charge is -2.13. The molecule has 1 fully saturated rings. The van der Waals surface area contributed by atoms with Gasteiger partial charge in [-0.05, 0) is 43.0 Å². The number of ether oxygens (including phenoxy) is 2. The number of halogens is 3. The molecule has 0 radical (unpaired) electrons. The van der Waals surface area contributed by atoms with Crippen LogP contribution < -0.4 is 10.6 Å². The highest BCUT2D eigenvalue weighted by Gasteiger charge is 2.15. The number of nitrogens with zero attached hydrogens (tertiary/aromatic N) is 1. The van der Waals surface area contributed by atoms with Crippen LogP contribution in [0.1, 0.15) is 18.4 Å². The highest BCUT2D eigenvalue weighted by molar-refractivity contribution is 14.0. The van der Waals surface area contributed by atoms with E-state index >= 15 is 0 Å². The van der Waals surface area contributed by atoms with Crippen LogP contribution in [0.15, 0.2) is 27.7 Å². The van der Waals surface area contributed by atoms with Gasteiger partial charge in [0, 0.05) is 37.8 Å². The first-order valence-electron chi connectivity index (χ1n) is 8.27. The number of nitrogens with one attached hydrogen (secondary N) is 2. The molecule has 1 heterocycles. The topological polar surface area (TPSA) is 54.9 Å². The quantitative estimate of drug-likeness (QED) is 0.235. The molecule has 8 heteroatoms. The summed E-state index contributed by atoms with van der Waals surface area (Å²) in [5, 5.41) is 6.42. The van der Waals surface area contributed by atoms with Crippen LogP contribution in [0.5, 0.6) is 0 Å². The predicted octanol–water partition coefficient (Wildman–Crippen LogP) is 3.11. The van der Waals surface area contributed by atoms with Crippen molar-refractivity contribution in [2.24, 2.45) is 4.99 Å². The molecule has 1 saturated heterocycles. The first-order valence-corrected chi connectivity index (χ1v) is 9.06. The highest BCUT2D eigenvalue weighted by atomic mass is 127. The minimum absolute atomic E-state index is 0. The van der Waals surface area contributed by atoms with E-state index in [-0.39, 0.29) is 35.9 Å². The Balaban J connectivity index is 0.00000312. The van der Waals surface area contributed by atoms with Gasteiger partial charge in [-0.1, -0.05) is 15.9 Å². The Bertz CT molecular complexity index is 543. The maximum Gasteiger partial charge on any atom is 0.190 e. The van der Waals surface area contributed by atoms with Gasteiger partial charge < -0.3 is 20.1 Å². The highest BCUT2D eigenvalue weighted by Crippen LogP contribution is 2.15. The van der Waals surface area contributed by atoms with E-state index in [0.29, 0.717) is 31.7 Å². The average Bonchev–Trinajstić information content (AvgIpc) is 3.09. The largest absolute Gasteiger partial charge is 0.379 e. The van der Waals surface area contributed by atoms with Crippen molar-refractivity contribution in [3.8, 4) is 0 Å². The molecule has 0 saturated carbocycles. The van der Waals surface area contributed by atoms with Crippen LogP contribution in [0, 0.1) is 5.82 Å². The lowest BCUT2D eigenvalue weighted by Crippen LogP contribution is -2.39. The van der Waals surface area contributed by atoms with Gasteiger partial charge in [0.2, 0.25) is 0 Å². The van der Waals surface area contributed by atoms with E-state index in [4.69, 9.17) is 9.47 Å². The molecule has 2 N–H and O–H groups in total. The molecule has 1 aliphatic rings. The number of aliphatic imine (C=N–C) groups is 1. The molecule has 0 aliphatic carbocycles. The van der Waals surface area contributed by atoms with Gasteiger partial charge in [-0.15, -0.1) is 24.0 Å². The molecule has 1 aliphatic heterocycles. The summed E-state index contributed by atoms with van der Waals surface area (Å²) in [6.07, 6.45) is 2.74. The van der Waals surface area contributed by atoms with Crippen LogP contribution in [0.25, 0.3) is 0 Å². The molecule has 0 amide bonds. The molecule has 25 heavy (non-hydrogen) atoms. The fourth-order valence-electron chi connectivity index (χ4n) is 2.44. The second-order valence-corrected chi connectivity index (χ2v) is 6.54. The number of guanidine groups is 1. The SMILES string of the molecule is CN=C(NCCCOC1CCOC1)NCCc1cc(Br)ccc1F.I. The fraction of sp³-hybridized carbons (Fsp3) is 0.588. The van der Waals surface area contributed by atoms with Crippen molar-refractivity contribution in [1.29, 1.82) is 0 Å². The van der Waals surface area contributed by atoms with Crippen molar-refractivity contribution in [2.45, 2.75) is 25.4 Å². The Labute approximate surface area is 174 Å². The molecular weight excluding hydrogens is 504 g/mol. The minimum atomic E-state index is -0.184. The molecule has 1 aromatic rings. The van der Waals surface area contributed by atoms with Crippen LogP contribution in [-0.4, -0.2) is 52.0 Å². The third kappa shape index (κ3) is 8.65. The van der Waals surface area contributed by atoms with Crippen LogP contribution in [-0.2, 0) is 15.9 Å². The zero-order valence-corrected chi connectivity index (χ0v) is 18.3. The second kappa shape index (κ2) is 12.8. The molecule has 1 atom stereocenters. The summed E-state index contributed by atoms with van der Waals surface area (Å²) >= 11 is 3.36. The van der Waals surface area contributed by atoms with E-state index in [1.807, 2.05) is 0 Å². The van der Waals surface area contributed by atoms with Crippen molar-refractivity contribution >= 4 is 45.9 Å². The molecular formula is C17H26BrFIN3O2. The standard InChI is InChI=1S/C17H25BrFN3O2.HI/c1-20-17(21-7-2-9-24-15-6-10-23-12-15)22-8-5-13-11-14(18)3-4-16(13)19;/h3-4,11,15H,2,5-10,12H2,1H3,(H2,20,21,22);1H. The van der Waals surface area contributed by atoms with Gasteiger partial charge in [-0.2, -0.15) is 0 Å². The lowest BCUT2D eigenvalue weighted by atomic mass is 10.1. The smallest absolute Gasteiger partial charge is 0.190 e. The van der Waals surface area contributed by atoms with Crippen molar-refractivity contribution in [3.63, 3.8) is 0 Å². The number of benzene rings is 1. The van der Waals surface area contributed by atoms with E-state index in [1.54, 1.807) is 19.2 Å². The fourth-order valence-corrected chi connectivity index (χ4v) is 2.85. The summed E-state index contributed by atoms with van der Waals surface area (Å²) in [6.45, 7) is 3.61. The number of rotatable bonds is 8. The Morgan fingerprint density at radius 1 is 1.40 bits per heavy atom. The molecule has 142 valence electrons. The summed E-state index contributed by atoms with van der Waals surface area (Å²) in [4.78, 5) is 4.16. The summed E-state index contributed by atoms with van der Waals surface area (Å²) < 4.78 is 25.5. The Hall–Kier alpha value is -0.450. The third-order valence-corrected chi connectivity index (χ3v) is 4.27. The van der Waals surface area contributed by atoms with Crippen LogP contribution in [0.2, 0.25) is 0 Å². The molecule has 0 aromatic heterocycles. The second-order valence-electron chi connectivity index (χ2n) is 5.62. The maximum atomic E-state index is 13.7. The molecule has 0 bridgehead atoms. The van der Waals surface area contributed by atoms with Gasteiger partial charge >= 0.3 is 0 Å².